The summed E-state index contributed by atoms with van der Waals surface area (Å²) in [6, 6.07) is 12.8. The Balaban J connectivity index is 1.46. The highest BCUT2D eigenvalue weighted by Crippen LogP contribution is 2.28. The van der Waals surface area contributed by atoms with Crippen LogP contribution in [0.4, 0.5) is 10.1 Å². The van der Waals surface area contributed by atoms with Crippen LogP contribution in [0.2, 0.25) is 0 Å². The quantitative estimate of drug-likeness (QED) is 0.245. The minimum atomic E-state index is -0.507. The molecule has 2 aromatic rings. The van der Waals surface area contributed by atoms with E-state index in [0.29, 0.717) is 36.0 Å². The van der Waals surface area contributed by atoms with Gasteiger partial charge in [0, 0.05) is 25.7 Å². The van der Waals surface area contributed by atoms with E-state index in [2.05, 4.69) is 73.1 Å². The van der Waals surface area contributed by atoms with Gasteiger partial charge in [0.15, 0.2) is 0 Å². The van der Waals surface area contributed by atoms with Crippen LogP contribution in [0.25, 0.3) is 5.57 Å². The number of allylic oxidation sites excluding steroid dienone is 6. The van der Waals surface area contributed by atoms with Crippen molar-refractivity contribution < 1.29 is 9.18 Å². The van der Waals surface area contributed by atoms with Crippen molar-refractivity contribution in [2.24, 2.45) is 10.7 Å². The molecule has 1 aliphatic carbocycles. The topological polar surface area (TPSA) is 94.8 Å². The Hall–Kier alpha value is -5.37. The number of nitrogens with one attached hydrogen (secondary N) is 3. The van der Waals surface area contributed by atoms with Gasteiger partial charge in [0.2, 0.25) is 5.78 Å². The van der Waals surface area contributed by atoms with E-state index < -0.39 is 5.82 Å². The summed E-state index contributed by atoms with van der Waals surface area (Å²) in [4.78, 5) is 18.6. The number of ketones is 1. The molecule has 42 heavy (non-hydrogen) atoms. The first-order valence-electron chi connectivity index (χ1n) is 13.3. The predicted octanol–water partition coefficient (Wildman–Crippen LogP) is 5.78. The van der Waals surface area contributed by atoms with Gasteiger partial charge in [-0.3, -0.25) is 4.79 Å². The molecule has 0 radical (unpaired) electrons. The number of benzene rings is 2. The van der Waals surface area contributed by atoms with Crippen LogP contribution in [0.1, 0.15) is 23.6 Å². The number of nitrogens with zero attached hydrogens (tertiary/aromatic N) is 2. The van der Waals surface area contributed by atoms with E-state index in [0.717, 1.165) is 28.0 Å². The van der Waals surface area contributed by atoms with Crippen molar-refractivity contribution in [2.75, 3.05) is 12.4 Å². The van der Waals surface area contributed by atoms with Crippen LogP contribution in [-0.4, -0.2) is 23.4 Å². The molecule has 4 rings (SSSR count). The molecule has 0 spiro atoms. The normalized spacial score (nSPS) is 15.5. The number of carbonyl (C=O) groups is 1. The number of halogens is 1. The molecule has 0 aromatic heterocycles. The van der Waals surface area contributed by atoms with E-state index in [1.165, 1.54) is 6.07 Å². The summed E-state index contributed by atoms with van der Waals surface area (Å²) < 4.78 is 14.5. The minimum Gasteiger partial charge on any atom is -0.396 e. The lowest BCUT2D eigenvalue weighted by Gasteiger charge is -2.29. The number of hydrogen-bond donors (Lipinski definition) is 4. The van der Waals surface area contributed by atoms with Gasteiger partial charge in [0.05, 0.1) is 34.2 Å². The number of likely N-dealkylation sites (N-methyl/N-ethyl adjacent to an activating group) is 1. The third-order valence-electron chi connectivity index (χ3n) is 6.94. The second-order valence-electron chi connectivity index (χ2n) is 10.0. The van der Waals surface area contributed by atoms with Crippen molar-refractivity contribution in [3.8, 4) is 0 Å². The molecule has 214 valence electrons. The molecular weight excluding hydrogens is 527 g/mol. The third kappa shape index (κ3) is 6.33. The highest BCUT2D eigenvalue weighted by molar-refractivity contribution is 6.20. The summed E-state index contributed by atoms with van der Waals surface area (Å²) >= 11 is 0. The molecule has 2 aromatic carbocycles. The number of rotatable bonds is 12. The average molecular weight is 563 g/mol. The van der Waals surface area contributed by atoms with Crippen LogP contribution >= 0.6 is 0 Å². The van der Waals surface area contributed by atoms with Crippen LogP contribution in [0.15, 0.2) is 138 Å². The highest BCUT2D eigenvalue weighted by atomic mass is 19.1. The lowest BCUT2D eigenvalue weighted by atomic mass is 9.93. The SMILES string of the molecule is C=C/C=C1/N=C(C(=C)NCc2ccc(F)c(NC3=C(N)C(=C)C3=O)c2)C=C(C(=C)NCc2ccc(C(=C)C)cc2)N1C. The molecule has 0 atom stereocenters. The van der Waals surface area contributed by atoms with E-state index in [1.807, 2.05) is 24.9 Å². The van der Waals surface area contributed by atoms with Crippen LogP contribution < -0.4 is 21.7 Å². The van der Waals surface area contributed by atoms with E-state index in [-0.39, 0.29) is 28.4 Å². The maximum absolute atomic E-state index is 14.5. The van der Waals surface area contributed by atoms with Gasteiger partial charge in [-0.25, -0.2) is 9.38 Å². The summed E-state index contributed by atoms with van der Waals surface area (Å²) in [5, 5.41) is 9.45. The number of anilines is 1. The van der Waals surface area contributed by atoms with Crippen molar-refractivity contribution in [3.05, 3.63) is 156 Å². The lowest BCUT2D eigenvalue weighted by molar-refractivity contribution is -0.113. The van der Waals surface area contributed by atoms with Gasteiger partial charge in [-0.05, 0) is 47.9 Å². The zero-order chi connectivity index (χ0) is 30.6. The second-order valence-corrected chi connectivity index (χ2v) is 10.0. The molecule has 8 heteroatoms. The Morgan fingerprint density at radius 1 is 1.05 bits per heavy atom. The van der Waals surface area contributed by atoms with Gasteiger partial charge < -0.3 is 26.6 Å². The number of nitrogens with two attached hydrogens (primary N) is 1. The molecule has 0 saturated heterocycles. The Morgan fingerprint density at radius 3 is 2.33 bits per heavy atom. The first-order chi connectivity index (χ1) is 20.0. The van der Waals surface area contributed by atoms with Crippen LogP contribution in [0, 0.1) is 5.82 Å². The molecule has 0 saturated carbocycles. The summed E-state index contributed by atoms with van der Waals surface area (Å²) in [6.45, 7) is 22.7. The molecule has 5 N–H and O–H groups in total. The average Bonchev–Trinajstić information content (AvgIpc) is 2.99. The standard InChI is InChI=1S/C34H35FN6O/c1-8-9-31-39-28(17-30(41(31)7)23(6)38-18-24-10-13-26(14-11-24)20(2)3)22(5)37-19-25-12-15-27(35)29(16-25)40-33-32(36)21(4)34(33)42/h8-17,37-38,40H,1-2,4-6,18-19,36H2,3,7H3/b31-9-. The summed E-state index contributed by atoms with van der Waals surface area (Å²) in [6.07, 6.45) is 5.37. The predicted molar refractivity (Wildman–Crippen MR) is 170 cm³/mol. The van der Waals surface area contributed by atoms with E-state index in [4.69, 9.17) is 10.7 Å². The maximum Gasteiger partial charge on any atom is 0.212 e. The zero-order valence-electron chi connectivity index (χ0n) is 24.0. The van der Waals surface area contributed by atoms with Gasteiger partial charge in [0.1, 0.15) is 17.3 Å². The molecule has 0 amide bonds. The molecule has 0 fully saturated rings. The van der Waals surface area contributed by atoms with Gasteiger partial charge >= 0.3 is 0 Å². The molecule has 7 nitrogen and oxygen atoms in total. The molecule has 1 heterocycles. The molecule has 0 unspecified atom stereocenters. The maximum atomic E-state index is 14.5. The van der Waals surface area contributed by atoms with E-state index in [1.54, 1.807) is 24.3 Å². The first kappa shape index (κ1) is 29.6. The van der Waals surface area contributed by atoms with Gasteiger partial charge in [-0.15, -0.1) is 0 Å². The monoisotopic (exact) mass is 562 g/mol. The number of Topliss-reactive ketones (excluding diaryl/α,β-unsaturated/α-hetero) is 1. The fourth-order valence-electron chi connectivity index (χ4n) is 4.31. The van der Waals surface area contributed by atoms with Gasteiger partial charge in [-0.1, -0.05) is 74.9 Å². The van der Waals surface area contributed by atoms with Crippen LogP contribution in [0.5, 0.6) is 0 Å². The molecular formula is C34H35FN6O. The Kier molecular flexibility index (Phi) is 8.76. The zero-order valence-corrected chi connectivity index (χ0v) is 24.0. The van der Waals surface area contributed by atoms with Gasteiger partial charge in [-0.2, -0.15) is 0 Å². The molecule has 0 bridgehead atoms. The lowest BCUT2D eigenvalue weighted by Crippen LogP contribution is -2.31. The Bertz CT molecular complexity index is 1640. The van der Waals surface area contributed by atoms with Crippen molar-refractivity contribution in [1.82, 2.24) is 15.5 Å². The largest absolute Gasteiger partial charge is 0.396 e. The third-order valence-corrected chi connectivity index (χ3v) is 6.94. The van der Waals surface area contributed by atoms with Crippen LogP contribution in [-0.2, 0) is 17.9 Å². The Labute approximate surface area is 246 Å². The highest BCUT2D eigenvalue weighted by Gasteiger charge is 2.30. The first-order valence-corrected chi connectivity index (χ1v) is 13.3. The van der Waals surface area contributed by atoms with Crippen LogP contribution in [0.3, 0.4) is 0 Å². The summed E-state index contributed by atoms with van der Waals surface area (Å²) in [5.41, 5.74) is 13.3. The number of hydrogen-bond acceptors (Lipinski definition) is 7. The van der Waals surface area contributed by atoms with Crippen molar-refractivity contribution in [1.29, 1.82) is 0 Å². The number of carbonyl (C=O) groups excluding carboxylic acids is 1. The van der Waals surface area contributed by atoms with Crippen molar-refractivity contribution in [2.45, 2.75) is 20.0 Å². The minimum absolute atomic E-state index is 0.144. The molecule has 2 aliphatic rings. The number of aliphatic imine (C=N–C) groups is 1. The van der Waals surface area contributed by atoms with E-state index >= 15 is 0 Å². The summed E-state index contributed by atoms with van der Waals surface area (Å²) in [5.74, 6) is -0.167. The van der Waals surface area contributed by atoms with Crippen molar-refractivity contribution in [3.63, 3.8) is 0 Å². The van der Waals surface area contributed by atoms with E-state index in [9.17, 15) is 9.18 Å². The molecule has 1 aliphatic heterocycles. The Morgan fingerprint density at radius 2 is 1.69 bits per heavy atom. The smallest absolute Gasteiger partial charge is 0.212 e. The van der Waals surface area contributed by atoms with Gasteiger partial charge in [0.25, 0.3) is 0 Å². The fourth-order valence-corrected chi connectivity index (χ4v) is 4.31. The van der Waals surface area contributed by atoms with Crippen molar-refractivity contribution >= 4 is 22.8 Å². The second kappa shape index (κ2) is 12.4. The fraction of sp³-hybridized carbons (Fsp3) is 0.118. The summed E-state index contributed by atoms with van der Waals surface area (Å²) in [7, 11) is 1.91.